The molecule has 0 aliphatic carbocycles. The Morgan fingerprint density at radius 2 is 2.21 bits per heavy atom. The van der Waals surface area contributed by atoms with Crippen LogP contribution in [0, 0.1) is 0 Å². The Labute approximate surface area is 84.1 Å². The van der Waals surface area contributed by atoms with Crippen LogP contribution in [0.15, 0.2) is 23.1 Å². The Hall–Kier alpha value is -1.03. The van der Waals surface area contributed by atoms with Crippen LogP contribution in [0.3, 0.4) is 0 Å². The number of benzene rings is 1. The van der Waals surface area contributed by atoms with E-state index in [0.717, 1.165) is 17.7 Å². The van der Waals surface area contributed by atoms with Gasteiger partial charge in [-0.1, -0.05) is 13.0 Å². The van der Waals surface area contributed by atoms with Crippen molar-refractivity contribution in [2.75, 3.05) is 17.6 Å². The van der Waals surface area contributed by atoms with E-state index >= 15 is 0 Å². The van der Waals surface area contributed by atoms with E-state index in [1.54, 1.807) is 6.07 Å². The standard InChI is InChI=1S/C10H13NO2S/c1-2-8-3-4-9-10(7-8)14(12,13)6-5-11-9/h3-4,7,11H,2,5-6H2,1H3. The number of fused-ring (bicyclic) bond motifs is 1. The summed E-state index contributed by atoms with van der Waals surface area (Å²) in [5, 5.41) is 3.09. The fourth-order valence-electron chi connectivity index (χ4n) is 1.62. The molecule has 1 N–H and O–H groups in total. The molecule has 1 heterocycles. The van der Waals surface area contributed by atoms with Gasteiger partial charge in [0.2, 0.25) is 0 Å². The molecule has 3 nitrogen and oxygen atoms in total. The van der Waals surface area contributed by atoms with Gasteiger partial charge in [0.1, 0.15) is 0 Å². The van der Waals surface area contributed by atoms with Crippen LogP contribution < -0.4 is 5.32 Å². The van der Waals surface area contributed by atoms with Crippen molar-refractivity contribution >= 4 is 15.5 Å². The first-order valence-electron chi connectivity index (χ1n) is 4.73. The Bertz CT molecular complexity index is 451. The largest absolute Gasteiger partial charge is 0.383 e. The van der Waals surface area contributed by atoms with Gasteiger partial charge in [-0.15, -0.1) is 0 Å². The Kier molecular flexibility index (Phi) is 2.23. The summed E-state index contributed by atoms with van der Waals surface area (Å²) in [5.41, 5.74) is 1.81. The summed E-state index contributed by atoms with van der Waals surface area (Å²) in [6, 6.07) is 5.59. The maximum Gasteiger partial charge on any atom is 0.182 e. The van der Waals surface area contributed by atoms with Gasteiger partial charge in [-0.25, -0.2) is 8.42 Å². The quantitative estimate of drug-likeness (QED) is 0.764. The van der Waals surface area contributed by atoms with Crippen molar-refractivity contribution in [3.8, 4) is 0 Å². The zero-order valence-electron chi connectivity index (χ0n) is 8.08. The van der Waals surface area contributed by atoms with Crippen molar-refractivity contribution in [3.05, 3.63) is 23.8 Å². The van der Waals surface area contributed by atoms with Gasteiger partial charge in [0.05, 0.1) is 16.3 Å². The SMILES string of the molecule is CCc1ccc2c(c1)S(=O)(=O)CCN2. The first kappa shape index (κ1) is 9.52. The highest BCUT2D eigenvalue weighted by Gasteiger charge is 2.22. The molecule has 0 amide bonds. The number of hydrogen-bond donors (Lipinski definition) is 1. The van der Waals surface area contributed by atoms with Crippen LogP contribution in [-0.4, -0.2) is 20.7 Å². The maximum absolute atomic E-state index is 11.7. The van der Waals surface area contributed by atoms with E-state index in [1.165, 1.54) is 0 Å². The molecule has 0 atom stereocenters. The molecule has 2 rings (SSSR count). The molecule has 0 saturated heterocycles. The zero-order valence-corrected chi connectivity index (χ0v) is 8.89. The van der Waals surface area contributed by atoms with E-state index in [9.17, 15) is 8.42 Å². The third-order valence-electron chi connectivity index (χ3n) is 2.48. The van der Waals surface area contributed by atoms with Gasteiger partial charge < -0.3 is 5.32 Å². The van der Waals surface area contributed by atoms with Gasteiger partial charge in [0.15, 0.2) is 9.84 Å². The molecule has 0 fully saturated rings. The maximum atomic E-state index is 11.7. The lowest BCUT2D eigenvalue weighted by Crippen LogP contribution is -2.23. The number of aryl methyl sites for hydroxylation is 1. The average Bonchev–Trinajstić information content (AvgIpc) is 2.17. The summed E-state index contributed by atoms with van der Waals surface area (Å²) in [6.07, 6.45) is 0.864. The smallest absolute Gasteiger partial charge is 0.182 e. The van der Waals surface area contributed by atoms with E-state index < -0.39 is 9.84 Å². The van der Waals surface area contributed by atoms with Crippen LogP contribution in [0.1, 0.15) is 12.5 Å². The summed E-state index contributed by atoms with van der Waals surface area (Å²) in [7, 11) is -3.04. The van der Waals surface area contributed by atoms with Gasteiger partial charge in [0, 0.05) is 6.54 Å². The highest BCUT2D eigenvalue weighted by Crippen LogP contribution is 2.27. The second-order valence-corrected chi connectivity index (χ2v) is 5.51. The molecule has 0 aromatic heterocycles. The molecule has 14 heavy (non-hydrogen) atoms. The molecular weight excluding hydrogens is 198 g/mol. The second-order valence-electron chi connectivity index (χ2n) is 3.43. The predicted molar refractivity (Wildman–Crippen MR) is 56.4 cm³/mol. The highest BCUT2D eigenvalue weighted by molar-refractivity contribution is 7.91. The normalized spacial score (nSPS) is 18.4. The van der Waals surface area contributed by atoms with Gasteiger partial charge in [0.25, 0.3) is 0 Å². The molecule has 4 heteroatoms. The minimum atomic E-state index is -3.04. The monoisotopic (exact) mass is 211 g/mol. The topological polar surface area (TPSA) is 46.2 Å². The van der Waals surface area contributed by atoms with E-state index in [0.29, 0.717) is 11.4 Å². The van der Waals surface area contributed by atoms with Gasteiger partial charge >= 0.3 is 0 Å². The molecule has 0 spiro atoms. The molecular formula is C10H13NO2S. The second kappa shape index (κ2) is 3.28. The summed E-state index contributed by atoms with van der Waals surface area (Å²) >= 11 is 0. The number of rotatable bonds is 1. The average molecular weight is 211 g/mol. The lowest BCUT2D eigenvalue weighted by molar-refractivity contribution is 0.594. The van der Waals surface area contributed by atoms with Crippen LogP contribution in [0.4, 0.5) is 5.69 Å². The number of hydrogen-bond acceptors (Lipinski definition) is 3. The Balaban J connectivity index is 2.61. The molecule has 1 aromatic carbocycles. The lowest BCUT2D eigenvalue weighted by atomic mass is 10.1. The van der Waals surface area contributed by atoms with E-state index in [-0.39, 0.29) is 5.75 Å². The predicted octanol–water partition coefficient (Wildman–Crippen LogP) is 1.45. The minimum Gasteiger partial charge on any atom is -0.383 e. The fourth-order valence-corrected chi connectivity index (χ4v) is 3.02. The first-order valence-corrected chi connectivity index (χ1v) is 6.38. The summed E-state index contributed by atoms with van der Waals surface area (Å²) in [5.74, 6) is 0.202. The zero-order chi connectivity index (χ0) is 10.2. The number of sulfone groups is 1. The van der Waals surface area contributed by atoms with Crippen molar-refractivity contribution < 1.29 is 8.42 Å². The number of anilines is 1. The molecule has 0 saturated carbocycles. The van der Waals surface area contributed by atoms with Crippen LogP contribution in [0.2, 0.25) is 0 Å². The van der Waals surface area contributed by atoms with Crippen LogP contribution in [0.5, 0.6) is 0 Å². The molecule has 76 valence electrons. The molecule has 1 aliphatic rings. The molecule has 1 aromatic rings. The van der Waals surface area contributed by atoms with Crippen molar-refractivity contribution in [2.24, 2.45) is 0 Å². The first-order chi connectivity index (χ1) is 6.63. The van der Waals surface area contributed by atoms with Crippen molar-refractivity contribution in [2.45, 2.75) is 18.2 Å². The van der Waals surface area contributed by atoms with Crippen LogP contribution >= 0.6 is 0 Å². The number of nitrogens with one attached hydrogen (secondary N) is 1. The van der Waals surface area contributed by atoms with Gasteiger partial charge in [-0.05, 0) is 24.1 Å². The van der Waals surface area contributed by atoms with Crippen molar-refractivity contribution in [1.29, 1.82) is 0 Å². The van der Waals surface area contributed by atoms with E-state index in [2.05, 4.69) is 5.32 Å². The van der Waals surface area contributed by atoms with Crippen LogP contribution in [-0.2, 0) is 16.3 Å². The molecule has 0 radical (unpaired) electrons. The lowest BCUT2D eigenvalue weighted by Gasteiger charge is -2.18. The highest BCUT2D eigenvalue weighted by atomic mass is 32.2. The van der Waals surface area contributed by atoms with Crippen molar-refractivity contribution in [1.82, 2.24) is 0 Å². The van der Waals surface area contributed by atoms with E-state index in [4.69, 9.17) is 0 Å². The summed E-state index contributed by atoms with van der Waals surface area (Å²) in [4.78, 5) is 0.461. The molecule has 1 aliphatic heterocycles. The third kappa shape index (κ3) is 1.50. The van der Waals surface area contributed by atoms with Crippen LogP contribution in [0.25, 0.3) is 0 Å². The summed E-state index contributed by atoms with van der Waals surface area (Å²) in [6.45, 7) is 2.53. The van der Waals surface area contributed by atoms with Gasteiger partial charge in [-0.3, -0.25) is 0 Å². The Morgan fingerprint density at radius 3 is 2.93 bits per heavy atom. The minimum absolute atomic E-state index is 0.202. The van der Waals surface area contributed by atoms with Gasteiger partial charge in [-0.2, -0.15) is 0 Å². The third-order valence-corrected chi connectivity index (χ3v) is 4.23. The van der Waals surface area contributed by atoms with E-state index in [1.807, 2.05) is 19.1 Å². The van der Waals surface area contributed by atoms with Crippen molar-refractivity contribution in [3.63, 3.8) is 0 Å². The Morgan fingerprint density at radius 1 is 1.43 bits per heavy atom. The molecule has 0 unspecified atom stereocenters. The fraction of sp³-hybridized carbons (Fsp3) is 0.400. The molecule has 0 bridgehead atoms. The summed E-state index contributed by atoms with van der Waals surface area (Å²) < 4.78 is 23.4.